The van der Waals surface area contributed by atoms with Crippen molar-refractivity contribution in [3.63, 3.8) is 0 Å². The molecule has 1 aromatic carbocycles. The monoisotopic (exact) mass is 440 g/mol. The number of hydrogen-bond donors (Lipinski definition) is 0. The summed E-state index contributed by atoms with van der Waals surface area (Å²) in [5, 5.41) is 0.493. The van der Waals surface area contributed by atoms with Crippen LogP contribution in [0.5, 0.6) is 5.19 Å². The number of ether oxygens (including phenoxy) is 1. The van der Waals surface area contributed by atoms with Crippen LogP contribution >= 0.6 is 38.6 Å². The predicted molar refractivity (Wildman–Crippen MR) is 101 cm³/mol. The van der Waals surface area contributed by atoms with Gasteiger partial charge in [0, 0.05) is 25.9 Å². The van der Waals surface area contributed by atoms with Crippen LogP contribution in [0.15, 0.2) is 34.1 Å². The molecule has 0 atom stereocenters. The highest BCUT2D eigenvalue weighted by atomic mass is 79.9. The Balaban J connectivity index is 1.38. The van der Waals surface area contributed by atoms with E-state index in [1.54, 1.807) is 6.07 Å². The van der Waals surface area contributed by atoms with Crippen molar-refractivity contribution in [2.24, 2.45) is 0 Å². The van der Waals surface area contributed by atoms with Crippen LogP contribution < -0.4 is 4.74 Å². The normalized spacial score (nSPS) is 15.7. The van der Waals surface area contributed by atoms with Gasteiger partial charge >= 0.3 is 0 Å². The summed E-state index contributed by atoms with van der Waals surface area (Å²) in [6, 6.07) is 8.64. The number of carbonyl (C=O) groups is 1. The molecule has 0 N–H and O–H groups in total. The molecule has 0 spiro atoms. The highest BCUT2D eigenvalue weighted by molar-refractivity contribution is 9.11. The average molecular weight is 441 g/mol. The summed E-state index contributed by atoms with van der Waals surface area (Å²) in [6.07, 6.45) is 1.50. The van der Waals surface area contributed by atoms with E-state index in [1.165, 1.54) is 28.7 Å². The van der Waals surface area contributed by atoms with Gasteiger partial charge in [0.15, 0.2) is 0 Å². The Bertz CT molecular complexity index is 918. The first kappa shape index (κ1) is 16.9. The maximum absolute atomic E-state index is 13.7. The third-order valence-electron chi connectivity index (χ3n) is 4.13. The fourth-order valence-electron chi connectivity index (χ4n) is 2.85. The predicted octanol–water partition coefficient (Wildman–Crippen LogP) is 4.94. The average Bonchev–Trinajstić information content (AvgIpc) is 3.22. The van der Waals surface area contributed by atoms with E-state index in [9.17, 15) is 9.18 Å². The van der Waals surface area contributed by atoms with Crippen LogP contribution in [0.4, 0.5) is 4.39 Å². The quantitative estimate of drug-likeness (QED) is 0.578. The van der Waals surface area contributed by atoms with Gasteiger partial charge in [0.05, 0.1) is 13.4 Å². The third kappa shape index (κ3) is 3.56. The topological polar surface area (TPSA) is 42.4 Å². The van der Waals surface area contributed by atoms with Crippen LogP contribution in [-0.4, -0.2) is 35.0 Å². The lowest BCUT2D eigenvalue weighted by molar-refractivity contribution is 0.0600. The van der Waals surface area contributed by atoms with Crippen molar-refractivity contribution in [2.45, 2.75) is 18.9 Å². The van der Waals surface area contributed by atoms with Crippen molar-refractivity contribution in [3.8, 4) is 5.19 Å². The first-order valence-electron chi connectivity index (χ1n) is 7.86. The van der Waals surface area contributed by atoms with Crippen LogP contribution in [0.1, 0.15) is 22.5 Å². The van der Waals surface area contributed by atoms with E-state index in [2.05, 4.69) is 20.9 Å². The number of fused-ring (bicyclic) bond motifs is 1. The molecule has 0 bridgehead atoms. The lowest BCUT2D eigenvalue weighted by atomic mass is 10.1. The van der Waals surface area contributed by atoms with Crippen molar-refractivity contribution >= 4 is 54.7 Å². The maximum atomic E-state index is 13.7. The Morgan fingerprint density at radius 2 is 2.04 bits per heavy atom. The zero-order valence-corrected chi connectivity index (χ0v) is 16.3. The zero-order chi connectivity index (χ0) is 17.4. The van der Waals surface area contributed by atoms with E-state index in [1.807, 2.05) is 23.1 Å². The molecule has 8 heteroatoms. The van der Waals surface area contributed by atoms with Gasteiger partial charge in [-0.3, -0.25) is 4.79 Å². The van der Waals surface area contributed by atoms with Gasteiger partial charge in [-0.15, -0.1) is 11.3 Å². The second-order valence-corrected chi connectivity index (χ2v) is 9.24. The molecule has 25 heavy (non-hydrogen) atoms. The minimum Gasteiger partial charge on any atom is -0.467 e. The number of carbonyl (C=O) groups excluding carboxylic acids is 1. The number of thiazole rings is 1. The zero-order valence-electron chi connectivity index (χ0n) is 13.1. The maximum Gasteiger partial charge on any atom is 0.274 e. The van der Waals surface area contributed by atoms with Gasteiger partial charge in [-0.2, -0.15) is 4.98 Å². The molecule has 4 nitrogen and oxygen atoms in total. The van der Waals surface area contributed by atoms with E-state index in [0.29, 0.717) is 23.8 Å². The number of amides is 1. The standard InChI is InChI=1S/C17H14BrFN2O2S2/c18-14-5-4-13(24-14)16(22)21-8-6-10(7-9-21)23-17-20-15-11(19)2-1-3-12(15)25-17/h1-5,10H,6-9H2. The Morgan fingerprint density at radius 1 is 1.24 bits per heavy atom. The highest BCUT2D eigenvalue weighted by Crippen LogP contribution is 2.31. The molecular formula is C17H14BrFN2O2S2. The Hall–Kier alpha value is -1.51. The molecule has 130 valence electrons. The van der Waals surface area contributed by atoms with Gasteiger partial charge in [0.25, 0.3) is 11.1 Å². The fourth-order valence-corrected chi connectivity index (χ4v) is 5.10. The van der Waals surface area contributed by atoms with Gasteiger partial charge in [0.2, 0.25) is 0 Å². The molecule has 1 aliphatic rings. The molecule has 2 aromatic heterocycles. The Kier molecular flexibility index (Phi) is 4.75. The molecule has 1 saturated heterocycles. The number of aromatic nitrogens is 1. The fraction of sp³-hybridized carbons (Fsp3) is 0.294. The molecule has 0 saturated carbocycles. The second-order valence-electron chi connectivity index (χ2n) is 5.78. The molecule has 1 fully saturated rings. The first-order chi connectivity index (χ1) is 12.1. The van der Waals surface area contributed by atoms with Gasteiger partial charge < -0.3 is 9.64 Å². The van der Waals surface area contributed by atoms with Gasteiger partial charge in [-0.25, -0.2) is 4.39 Å². The van der Waals surface area contributed by atoms with Crippen LogP contribution in [0.25, 0.3) is 10.2 Å². The van der Waals surface area contributed by atoms with Crippen molar-refractivity contribution in [1.29, 1.82) is 0 Å². The van der Waals surface area contributed by atoms with E-state index in [-0.39, 0.29) is 17.8 Å². The number of para-hydroxylation sites is 1. The summed E-state index contributed by atoms with van der Waals surface area (Å²) in [4.78, 5) is 19.3. The third-order valence-corrected chi connectivity index (χ3v) is 6.65. The summed E-state index contributed by atoms with van der Waals surface area (Å²) in [5.41, 5.74) is 0.360. The Labute approximate surface area is 160 Å². The Morgan fingerprint density at radius 3 is 2.72 bits per heavy atom. The van der Waals surface area contributed by atoms with Gasteiger partial charge in [-0.05, 0) is 40.2 Å². The van der Waals surface area contributed by atoms with Crippen molar-refractivity contribution in [2.75, 3.05) is 13.1 Å². The molecule has 3 aromatic rings. The number of likely N-dealkylation sites (tertiary alicyclic amines) is 1. The van der Waals surface area contributed by atoms with Crippen LogP contribution in [-0.2, 0) is 0 Å². The number of nitrogens with zero attached hydrogens (tertiary/aromatic N) is 2. The van der Waals surface area contributed by atoms with Crippen LogP contribution in [0.2, 0.25) is 0 Å². The van der Waals surface area contributed by atoms with E-state index in [4.69, 9.17) is 4.74 Å². The van der Waals surface area contributed by atoms with Gasteiger partial charge in [0.1, 0.15) is 17.4 Å². The van der Waals surface area contributed by atoms with Crippen molar-refractivity contribution in [1.82, 2.24) is 9.88 Å². The summed E-state index contributed by atoms with van der Waals surface area (Å²) in [6.45, 7) is 1.30. The van der Waals surface area contributed by atoms with Crippen LogP contribution in [0, 0.1) is 5.82 Å². The lowest BCUT2D eigenvalue weighted by Gasteiger charge is -2.31. The lowest BCUT2D eigenvalue weighted by Crippen LogP contribution is -2.41. The molecule has 4 rings (SSSR count). The molecule has 0 radical (unpaired) electrons. The number of piperidine rings is 1. The molecule has 0 aliphatic carbocycles. The summed E-state index contributed by atoms with van der Waals surface area (Å²) in [7, 11) is 0. The van der Waals surface area contributed by atoms with Crippen LogP contribution in [0.3, 0.4) is 0 Å². The first-order valence-corrected chi connectivity index (χ1v) is 10.3. The van der Waals surface area contributed by atoms with Crippen molar-refractivity contribution in [3.05, 3.63) is 44.8 Å². The minimum absolute atomic E-state index is 0.00254. The van der Waals surface area contributed by atoms with Crippen molar-refractivity contribution < 1.29 is 13.9 Å². The molecule has 1 aliphatic heterocycles. The highest BCUT2D eigenvalue weighted by Gasteiger charge is 2.26. The second kappa shape index (κ2) is 7.01. The number of halogens is 2. The van der Waals surface area contributed by atoms with E-state index >= 15 is 0 Å². The number of rotatable bonds is 3. The van der Waals surface area contributed by atoms with E-state index < -0.39 is 0 Å². The van der Waals surface area contributed by atoms with Gasteiger partial charge in [-0.1, -0.05) is 17.4 Å². The SMILES string of the molecule is O=C(c1ccc(Br)s1)N1CCC(Oc2nc3c(F)cccc3s2)CC1. The largest absolute Gasteiger partial charge is 0.467 e. The smallest absolute Gasteiger partial charge is 0.274 e. The number of thiophene rings is 1. The molecule has 1 amide bonds. The summed E-state index contributed by atoms with van der Waals surface area (Å²) in [5.74, 6) is -0.262. The molecular weight excluding hydrogens is 427 g/mol. The minimum atomic E-state index is -0.328. The molecule has 3 heterocycles. The van der Waals surface area contributed by atoms with E-state index in [0.717, 1.165) is 26.2 Å². The summed E-state index contributed by atoms with van der Waals surface area (Å²) >= 11 is 6.19. The number of hydrogen-bond acceptors (Lipinski definition) is 5. The number of benzene rings is 1. The molecule has 0 unspecified atom stereocenters. The summed E-state index contributed by atoms with van der Waals surface area (Å²) < 4.78 is 21.4.